The number of rotatable bonds is 6. The highest BCUT2D eigenvalue weighted by Gasteiger charge is 2.16. The van der Waals surface area contributed by atoms with Gasteiger partial charge >= 0.3 is 5.69 Å². The first-order valence-corrected chi connectivity index (χ1v) is 8.33. The van der Waals surface area contributed by atoms with Gasteiger partial charge in [0.25, 0.3) is 0 Å². The van der Waals surface area contributed by atoms with E-state index in [4.69, 9.17) is 4.74 Å². The summed E-state index contributed by atoms with van der Waals surface area (Å²) >= 11 is 0. The van der Waals surface area contributed by atoms with E-state index in [9.17, 15) is 10.1 Å². The number of nitro benzene ring substituents is 1. The maximum atomic E-state index is 11.3. The van der Waals surface area contributed by atoms with Crippen LogP contribution in [0, 0.1) is 24.0 Å². The van der Waals surface area contributed by atoms with Gasteiger partial charge in [-0.3, -0.25) is 10.1 Å². The molecule has 3 aromatic rings. The molecule has 0 saturated carbocycles. The zero-order valence-electron chi connectivity index (χ0n) is 14.7. The highest BCUT2D eigenvalue weighted by Crippen LogP contribution is 2.33. The van der Waals surface area contributed by atoms with Crippen LogP contribution < -0.4 is 10.1 Å². The Balaban J connectivity index is 1.87. The molecule has 0 aromatic heterocycles. The fraction of sp³-hybridized carbons (Fsp3) is 0.143. The first-order valence-electron chi connectivity index (χ1n) is 8.33. The monoisotopic (exact) mass is 348 g/mol. The Bertz CT molecular complexity index is 904. The molecule has 3 aromatic carbocycles. The van der Waals surface area contributed by atoms with E-state index < -0.39 is 4.92 Å². The van der Waals surface area contributed by atoms with E-state index in [1.807, 2.05) is 62.4 Å². The fourth-order valence-electron chi connectivity index (χ4n) is 2.75. The standard InChI is InChI=1S/C21H20N2O3/c1-15-7-6-8-16(2)21(15)22-18-11-12-19(23(24)25)20(13-18)26-14-17-9-4-3-5-10-17/h3-13,22H,14H2,1-2H3. The van der Waals surface area contributed by atoms with Gasteiger partial charge in [0.1, 0.15) is 6.61 Å². The number of benzene rings is 3. The number of nitrogens with zero attached hydrogens (tertiary/aromatic N) is 1. The summed E-state index contributed by atoms with van der Waals surface area (Å²) < 4.78 is 5.74. The van der Waals surface area contributed by atoms with Crippen molar-refractivity contribution in [2.24, 2.45) is 0 Å². The van der Waals surface area contributed by atoms with Crippen LogP contribution in [0.5, 0.6) is 5.75 Å². The lowest BCUT2D eigenvalue weighted by Gasteiger charge is -2.14. The van der Waals surface area contributed by atoms with E-state index in [2.05, 4.69) is 5.32 Å². The van der Waals surface area contributed by atoms with Gasteiger partial charge in [0.15, 0.2) is 5.75 Å². The summed E-state index contributed by atoms with van der Waals surface area (Å²) in [5, 5.41) is 14.7. The normalized spacial score (nSPS) is 10.4. The van der Waals surface area contributed by atoms with Crippen molar-refractivity contribution in [2.75, 3.05) is 5.32 Å². The van der Waals surface area contributed by atoms with Crippen molar-refractivity contribution in [3.63, 3.8) is 0 Å². The molecule has 0 spiro atoms. The van der Waals surface area contributed by atoms with Crippen LogP contribution in [-0.2, 0) is 6.61 Å². The van der Waals surface area contributed by atoms with Crippen LogP contribution in [0.4, 0.5) is 17.1 Å². The van der Waals surface area contributed by atoms with E-state index in [1.54, 1.807) is 12.1 Å². The van der Waals surface area contributed by atoms with Crippen molar-refractivity contribution in [3.8, 4) is 5.75 Å². The zero-order chi connectivity index (χ0) is 18.5. The van der Waals surface area contributed by atoms with Crippen LogP contribution in [0.15, 0.2) is 66.7 Å². The third kappa shape index (κ3) is 4.00. The van der Waals surface area contributed by atoms with Crippen LogP contribution in [0.2, 0.25) is 0 Å². The molecule has 3 rings (SSSR count). The van der Waals surface area contributed by atoms with Crippen molar-refractivity contribution < 1.29 is 9.66 Å². The smallest absolute Gasteiger partial charge is 0.311 e. The summed E-state index contributed by atoms with van der Waals surface area (Å²) in [6.45, 7) is 4.32. The second kappa shape index (κ2) is 7.70. The number of hydrogen-bond acceptors (Lipinski definition) is 4. The molecular formula is C21H20N2O3. The predicted molar refractivity (Wildman–Crippen MR) is 103 cm³/mol. The fourth-order valence-corrected chi connectivity index (χ4v) is 2.75. The van der Waals surface area contributed by atoms with Crippen LogP contribution in [-0.4, -0.2) is 4.92 Å². The molecule has 0 heterocycles. The van der Waals surface area contributed by atoms with Gasteiger partial charge in [0.05, 0.1) is 4.92 Å². The number of ether oxygens (including phenoxy) is 1. The lowest BCUT2D eigenvalue weighted by atomic mass is 10.1. The number of aryl methyl sites for hydroxylation is 2. The third-order valence-corrected chi connectivity index (χ3v) is 4.14. The van der Waals surface area contributed by atoms with E-state index >= 15 is 0 Å². The van der Waals surface area contributed by atoms with Gasteiger partial charge < -0.3 is 10.1 Å². The number of anilines is 2. The topological polar surface area (TPSA) is 64.4 Å². The minimum atomic E-state index is -0.427. The number of hydrogen-bond donors (Lipinski definition) is 1. The number of nitrogens with one attached hydrogen (secondary N) is 1. The Morgan fingerprint density at radius 3 is 2.31 bits per heavy atom. The van der Waals surface area contributed by atoms with E-state index in [1.165, 1.54) is 6.07 Å². The molecule has 0 bridgehead atoms. The molecule has 0 fully saturated rings. The summed E-state index contributed by atoms with van der Waals surface area (Å²) in [4.78, 5) is 10.9. The van der Waals surface area contributed by atoms with Crippen molar-refractivity contribution >= 4 is 17.1 Å². The minimum Gasteiger partial charge on any atom is -0.482 e. The summed E-state index contributed by atoms with van der Waals surface area (Å²) in [5.41, 5.74) is 4.86. The van der Waals surface area contributed by atoms with Gasteiger partial charge in [0, 0.05) is 23.5 Å². The van der Waals surface area contributed by atoms with Gasteiger partial charge in [-0.15, -0.1) is 0 Å². The van der Waals surface area contributed by atoms with E-state index in [0.717, 1.165) is 28.1 Å². The Labute approximate surface area is 152 Å². The van der Waals surface area contributed by atoms with Crippen LogP contribution in [0.25, 0.3) is 0 Å². The lowest BCUT2D eigenvalue weighted by Crippen LogP contribution is -2.01. The molecule has 1 N–H and O–H groups in total. The van der Waals surface area contributed by atoms with E-state index in [0.29, 0.717) is 0 Å². The Kier molecular flexibility index (Phi) is 5.17. The second-order valence-corrected chi connectivity index (χ2v) is 6.11. The average molecular weight is 348 g/mol. The third-order valence-electron chi connectivity index (χ3n) is 4.14. The highest BCUT2D eigenvalue weighted by molar-refractivity contribution is 5.69. The van der Waals surface area contributed by atoms with Crippen molar-refractivity contribution in [1.29, 1.82) is 0 Å². The van der Waals surface area contributed by atoms with Gasteiger partial charge in [-0.05, 0) is 36.6 Å². The number of para-hydroxylation sites is 1. The van der Waals surface area contributed by atoms with Gasteiger partial charge in [-0.2, -0.15) is 0 Å². The van der Waals surface area contributed by atoms with Gasteiger partial charge in [0.2, 0.25) is 0 Å². The average Bonchev–Trinajstić information content (AvgIpc) is 2.64. The Morgan fingerprint density at radius 2 is 1.65 bits per heavy atom. The lowest BCUT2D eigenvalue weighted by molar-refractivity contribution is -0.385. The molecule has 0 aliphatic carbocycles. The largest absolute Gasteiger partial charge is 0.482 e. The molecular weight excluding hydrogens is 328 g/mol. The molecule has 0 radical (unpaired) electrons. The summed E-state index contributed by atoms with van der Waals surface area (Å²) in [6.07, 6.45) is 0. The van der Waals surface area contributed by atoms with Crippen molar-refractivity contribution in [1.82, 2.24) is 0 Å². The maximum absolute atomic E-state index is 11.3. The molecule has 0 saturated heterocycles. The second-order valence-electron chi connectivity index (χ2n) is 6.11. The van der Waals surface area contributed by atoms with Gasteiger partial charge in [-0.1, -0.05) is 48.5 Å². The summed E-state index contributed by atoms with van der Waals surface area (Å²) in [6, 6.07) is 20.5. The first-order chi connectivity index (χ1) is 12.5. The highest BCUT2D eigenvalue weighted by atomic mass is 16.6. The molecule has 0 aliphatic heterocycles. The predicted octanol–water partition coefficient (Wildman–Crippen LogP) is 5.53. The Hall–Kier alpha value is -3.34. The zero-order valence-corrected chi connectivity index (χ0v) is 14.7. The first kappa shape index (κ1) is 17.5. The Morgan fingerprint density at radius 1 is 0.962 bits per heavy atom. The van der Waals surface area contributed by atoms with E-state index in [-0.39, 0.29) is 18.0 Å². The van der Waals surface area contributed by atoms with Crippen LogP contribution in [0.3, 0.4) is 0 Å². The maximum Gasteiger partial charge on any atom is 0.311 e. The number of nitro groups is 1. The molecule has 5 nitrogen and oxygen atoms in total. The summed E-state index contributed by atoms with van der Waals surface area (Å²) in [7, 11) is 0. The molecule has 26 heavy (non-hydrogen) atoms. The molecule has 5 heteroatoms. The minimum absolute atomic E-state index is 0.0482. The van der Waals surface area contributed by atoms with Crippen LogP contribution >= 0.6 is 0 Å². The van der Waals surface area contributed by atoms with Crippen molar-refractivity contribution in [3.05, 3.63) is 93.5 Å². The molecule has 132 valence electrons. The van der Waals surface area contributed by atoms with Crippen molar-refractivity contribution in [2.45, 2.75) is 20.5 Å². The molecule has 0 amide bonds. The molecule has 0 unspecified atom stereocenters. The summed E-state index contributed by atoms with van der Waals surface area (Å²) in [5.74, 6) is 0.245. The molecule has 0 aliphatic rings. The van der Waals surface area contributed by atoms with Crippen LogP contribution in [0.1, 0.15) is 16.7 Å². The van der Waals surface area contributed by atoms with Gasteiger partial charge in [-0.25, -0.2) is 0 Å². The quantitative estimate of drug-likeness (QED) is 0.469. The molecule has 0 atom stereocenters. The SMILES string of the molecule is Cc1cccc(C)c1Nc1ccc([N+](=O)[O-])c(OCc2ccccc2)c1.